The molecule has 0 fully saturated rings. The van der Waals surface area contributed by atoms with Gasteiger partial charge in [0.05, 0.1) is 6.54 Å². The number of nitrogens with zero attached hydrogens (tertiary/aromatic N) is 2. The van der Waals surface area contributed by atoms with Crippen LogP contribution in [0.1, 0.15) is 18.1 Å². The van der Waals surface area contributed by atoms with E-state index in [1.54, 1.807) is 16.9 Å². The van der Waals surface area contributed by atoms with E-state index in [1.807, 2.05) is 54.7 Å². The Kier molecular flexibility index (Phi) is 5.84. The second kappa shape index (κ2) is 8.66. The van der Waals surface area contributed by atoms with E-state index in [-0.39, 0.29) is 11.9 Å². The lowest BCUT2D eigenvalue weighted by molar-refractivity contribution is -0.114. The SMILES string of the molecule is CC(=O)Nc1cccc(CNC(=O)Nc2ccccc2Cn2cccn2)c1. The highest BCUT2D eigenvalue weighted by molar-refractivity contribution is 5.90. The van der Waals surface area contributed by atoms with Gasteiger partial charge in [-0.2, -0.15) is 5.10 Å². The summed E-state index contributed by atoms with van der Waals surface area (Å²) in [6.07, 6.45) is 3.59. The summed E-state index contributed by atoms with van der Waals surface area (Å²) in [5.74, 6) is -0.133. The van der Waals surface area contributed by atoms with Crippen LogP contribution in [-0.2, 0) is 17.9 Å². The normalized spacial score (nSPS) is 10.3. The molecule has 2 aromatic carbocycles. The Morgan fingerprint density at radius 1 is 1.04 bits per heavy atom. The maximum Gasteiger partial charge on any atom is 0.319 e. The van der Waals surface area contributed by atoms with Crippen LogP contribution in [0.5, 0.6) is 0 Å². The number of benzene rings is 2. The van der Waals surface area contributed by atoms with E-state index in [9.17, 15) is 9.59 Å². The van der Waals surface area contributed by atoms with Gasteiger partial charge in [0.15, 0.2) is 0 Å². The highest BCUT2D eigenvalue weighted by atomic mass is 16.2. The molecular formula is C20H21N5O2. The van der Waals surface area contributed by atoms with Gasteiger partial charge in [-0.1, -0.05) is 30.3 Å². The van der Waals surface area contributed by atoms with Gasteiger partial charge in [0, 0.05) is 37.2 Å². The molecule has 7 heteroatoms. The molecule has 3 rings (SSSR count). The van der Waals surface area contributed by atoms with Crippen molar-refractivity contribution >= 4 is 23.3 Å². The number of hydrogen-bond acceptors (Lipinski definition) is 3. The molecule has 0 saturated heterocycles. The molecule has 0 saturated carbocycles. The summed E-state index contributed by atoms with van der Waals surface area (Å²) < 4.78 is 1.80. The number of nitrogens with one attached hydrogen (secondary N) is 3. The number of hydrogen-bond donors (Lipinski definition) is 3. The Balaban J connectivity index is 1.59. The van der Waals surface area contributed by atoms with Gasteiger partial charge in [-0.3, -0.25) is 9.48 Å². The average Bonchev–Trinajstić information content (AvgIpc) is 3.15. The molecule has 0 aliphatic rings. The molecule has 3 N–H and O–H groups in total. The average molecular weight is 363 g/mol. The van der Waals surface area contributed by atoms with Gasteiger partial charge >= 0.3 is 6.03 Å². The first kappa shape index (κ1) is 18.2. The molecule has 0 aliphatic carbocycles. The van der Waals surface area contributed by atoms with Crippen molar-refractivity contribution in [2.45, 2.75) is 20.0 Å². The summed E-state index contributed by atoms with van der Waals surface area (Å²) in [6.45, 7) is 2.38. The molecule has 1 heterocycles. The monoisotopic (exact) mass is 363 g/mol. The van der Waals surface area contributed by atoms with Crippen molar-refractivity contribution in [3.05, 3.63) is 78.1 Å². The highest BCUT2D eigenvalue weighted by Crippen LogP contribution is 2.16. The second-order valence-corrected chi connectivity index (χ2v) is 6.05. The Labute approximate surface area is 157 Å². The van der Waals surface area contributed by atoms with Gasteiger partial charge in [0.2, 0.25) is 5.91 Å². The predicted molar refractivity (Wildman–Crippen MR) is 104 cm³/mol. The van der Waals surface area contributed by atoms with E-state index in [4.69, 9.17) is 0 Å². The van der Waals surface area contributed by atoms with Crippen molar-refractivity contribution < 1.29 is 9.59 Å². The van der Waals surface area contributed by atoms with E-state index < -0.39 is 0 Å². The van der Waals surface area contributed by atoms with Crippen LogP contribution in [-0.4, -0.2) is 21.7 Å². The minimum Gasteiger partial charge on any atom is -0.334 e. The smallest absolute Gasteiger partial charge is 0.319 e. The zero-order chi connectivity index (χ0) is 19.1. The van der Waals surface area contributed by atoms with Gasteiger partial charge in [-0.15, -0.1) is 0 Å². The molecular weight excluding hydrogens is 342 g/mol. The molecule has 3 aromatic rings. The second-order valence-electron chi connectivity index (χ2n) is 6.05. The lowest BCUT2D eigenvalue weighted by atomic mass is 10.2. The Morgan fingerprint density at radius 3 is 2.67 bits per heavy atom. The van der Waals surface area contributed by atoms with Crippen LogP contribution in [0.15, 0.2) is 67.0 Å². The predicted octanol–water partition coefficient (Wildman–Crippen LogP) is 3.21. The number of amides is 3. The van der Waals surface area contributed by atoms with E-state index in [0.29, 0.717) is 18.8 Å². The maximum absolute atomic E-state index is 12.3. The van der Waals surface area contributed by atoms with E-state index in [1.165, 1.54) is 6.92 Å². The van der Waals surface area contributed by atoms with Crippen molar-refractivity contribution in [2.24, 2.45) is 0 Å². The number of carbonyl (C=O) groups is 2. The van der Waals surface area contributed by atoms with Crippen molar-refractivity contribution in [1.82, 2.24) is 15.1 Å². The zero-order valence-corrected chi connectivity index (χ0v) is 15.0. The molecule has 0 atom stereocenters. The largest absolute Gasteiger partial charge is 0.334 e. The van der Waals surface area contributed by atoms with Crippen LogP contribution in [0.2, 0.25) is 0 Å². The molecule has 0 radical (unpaired) electrons. The van der Waals surface area contributed by atoms with Gasteiger partial charge in [-0.05, 0) is 35.4 Å². The molecule has 0 bridgehead atoms. The number of aromatic nitrogens is 2. The molecule has 1 aromatic heterocycles. The van der Waals surface area contributed by atoms with Crippen molar-refractivity contribution in [3.63, 3.8) is 0 Å². The van der Waals surface area contributed by atoms with Crippen LogP contribution in [0.4, 0.5) is 16.2 Å². The van der Waals surface area contributed by atoms with Gasteiger partial charge in [-0.25, -0.2) is 4.79 Å². The maximum atomic E-state index is 12.3. The highest BCUT2D eigenvalue weighted by Gasteiger charge is 2.07. The van der Waals surface area contributed by atoms with Crippen LogP contribution >= 0.6 is 0 Å². The third-order valence-electron chi connectivity index (χ3n) is 3.86. The molecule has 0 aliphatic heterocycles. The van der Waals surface area contributed by atoms with E-state index >= 15 is 0 Å². The van der Waals surface area contributed by atoms with Gasteiger partial charge < -0.3 is 16.0 Å². The molecule has 138 valence electrons. The van der Waals surface area contributed by atoms with Gasteiger partial charge in [0.1, 0.15) is 0 Å². The lowest BCUT2D eigenvalue weighted by Crippen LogP contribution is -2.28. The van der Waals surface area contributed by atoms with Crippen LogP contribution < -0.4 is 16.0 Å². The van der Waals surface area contributed by atoms with Crippen molar-refractivity contribution in [2.75, 3.05) is 10.6 Å². The van der Waals surface area contributed by atoms with Crippen molar-refractivity contribution in [1.29, 1.82) is 0 Å². The molecule has 7 nitrogen and oxygen atoms in total. The summed E-state index contributed by atoms with van der Waals surface area (Å²) in [4.78, 5) is 23.4. The first-order valence-electron chi connectivity index (χ1n) is 8.57. The van der Waals surface area contributed by atoms with E-state index in [2.05, 4.69) is 21.0 Å². The lowest BCUT2D eigenvalue weighted by Gasteiger charge is -2.12. The fourth-order valence-corrected chi connectivity index (χ4v) is 2.66. The minimum atomic E-state index is -0.298. The molecule has 3 amide bonds. The number of para-hydroxylation sites is 1. The number of carbonyl (C=O) groups excluding carboxylic acids is 2. The quantitative estimate of drug-likeness (QED) is 0.628. The molecule has 0 unspecified atom stereocenters. The Hall–Kier alpha value is -3.61. The minimum absolute atomic E-state index is 0.133. The zero-order valence-electron chi connectivity index (χ0n) is 15.0. The summed E-state index contributed by atoms with van der Waals surface area (Å²) in [6, 6.07) is 16.5. The first-order chi connectivity index (χ1) is 13.1. The standard InChI is InChI=1S/C20H21N5O2/c1-15(26)23-18-8-4-6-16(12-18)13-21-20(27)24-19-9-3-2-7-17(19)14-25-11-5-10-22-25/h2-12H,13-14H2,1H3,(H,23,26)(H2,21,24,27). The Bertz CT molecular complexity index is 922. The fraction of sp³-hybridized carbons (Fsp3) is 0.150. The van der Waals surface area contributed by atoms with Crippen LogP contribution in [0.25, 0.3) is 0 Å². The number of rotatable bonds is 6. The van der Waals surface area contributed by atoms with Crippen LogP contribution in [0.3, 0.4) is 0 Å². The molecule has 27 heavy (non-hydrogen) atoms. The molecule has 0 spiro atoms. The van der Waals surface area contributed by atoms with Crippen LogP contribution in [0, 0.1) is 0 Å². The van der Waals surface area contributed by atoms with Gasteiger partial charge in [0.25, 0.3) is 0 Å². The summed E-state index contributed by atoms with van der Waals surface area (Å²) in [7, 11) is 0. The first-order valence-corrected chi connectivity index (χ1v) is 8.57. The Morgan fingerprint density at radius 2 is 1.89 bits per heavy atom. The summed E-state index contributed by atoms with van der Waals surface area (Å²) in [5.41, 5.74) is 3.29. The fourth-order valence-electron chi connectivity index (χ4n) is 2.66. The third kappa shape index (κ3) is 5.43. The van der Waals surface area contributed by atoms with Crippen molar-refractivity contribution in [3.8, 4) is 0 Å². The number of urea groups is 1. The summed E-state index contributed by atoms with van der Waals surface area (Å²) in [5, 5.41) is 12.6. The number of anilines is 2. The van der Waals surface area contributed by atoms with E-state index in [0.717, 1.165) is 16.8 Å². The topological polar surface area (TPSA) is 88.0 Å². The third-order valence-corrected chi connectivity index (χ3v) is 3.86. The summed E-state index contributed by atoms with van der Waals surface area (Å²) >= 11 is 0.